The van der Waals surface area contributed by atoms with Crippen molar-refractivity contribution in [2.24, 2.45) is 0 Å². The van der Waals surface area contributed by atoms with Crippen molar-refractivity contribution in [3.63, 3.8) is 0 Å². The molecule has 0 fully saturated rings. The van der Waals surface area contributed by atoms with E-state index < -0.39 is 0 Å². The third-order valence-electron chi connectivity index (χ3n) is 4.49. The SMILES string of the molecule is Cc1c(C(=O)NCCc2nc(-c3ccccc3)no2)oc2c(C)cccc12. The lowest BCUT2D eigenvalue weighted by atomic mass is 10.1. The molecule has 4 aromatic rings. The first-order chi connectivity index (χ1) is 13.1. The van der Waals surface area contributed by atoms with Crippen LogP contribution in [0, 0.1) is 13.8 Å². The minimum Gasteiger partial charge on any atom is -0.450 e. The van der Waals surface area contributed by atoms with Crippen molar-refractivity contribution < 1.29 is 13.7 Å². The first kappa shape index (κ1) is 17.0. The van der Waals surface area contributed by atoms with Gasteiger partial charge in [0.1, 0.15) is 5.58 Å². The topological polar surface area (TPSA) is 81.2 Å². The summed E-state index contributed by atoms with van der Waals surface area (Å²) < 4.78 is 11.1. The molecule has 2 aromatic carbocycles. The highest BCUT2D eigenvalue weighted by Crippen LogP contribution is 2.27. The molecule has 6 nitrogen and oxygen atoms in total. The number of rotatable bonds is 5. The van der Waals surface area contributed by atoms with Gasteiger partial charge in [-0.25, -0.2) is 0 Å². The van der Waals surface area contributed by atoms with Gasteiger partial charge in [0.2, 0.25) is 11.7 Å². The van der Waals surface area contributed by atoms with Crippen LogP contribution in [-0.2, 0) is 6.42 Å². The van der Waals surface area contributed by atoms with Crippen LogP contribution in [0.2, 0.25) is 0 Å². The van der Waals surface area contributed by atoms with Crippen molar-refractivity contribution in [1.82, 2.24) is 15.5 Å². The van der Waals surface area contributed by atoms with Crippen molar-refractivity contribution in [2.45, 2.75) is 20.3 Å². The Bertz CT molecular complexity index is 1100. The number of aromatic nitrogens is 2. The van der Waals surface area contributed by atoms with Crippen molar-refractivity contribution in [3.05, 3.63) is 71.3 Å². The predicted molar refractivity (Wildman–Crippen MR) is 101 cm³/mol. The van der Waals surface area contributed by atoms with Crippen LogP contribution < -0.4 is 5.32 Å². The highest BCUT2D eigenvalue weighted by molar-refractivity contribution is 5.99. The lowest BCUT2D eigenvalue weighted by Gasteiger charge is -2.01. The number of nitrogens with one attached hydrogen (secondary N) is 1. The van der Waals surface area contributed by atoms with Crippen LogP contribution in [0.25, 0.3) is 22.4 Å². The summed E-state index contributed by atoms with van der Waals surface area (Å²) in [7, 11) is 0. The minimum atomic E-state index is -0.245. The molecule has 0 atom stereocenters. The summed E-state index contributed by atoms with van der Waals surface area (Å²) in [6.07, 6.45) is 0.448. The van der Waals surface area contributed by atoms with E-state index >= 15 is 0 Å². The summed E-state index contributed by atoms with van der Waals surface area (Å²) in [5, 5.41) is 7.80. The predicted octanol–water partition coefficient (Wildman–Crippen LogP) is 4.07. The van der Waals surface area contributed by atoms with Gasteiger partial charge in [0.05, 0.1) is 0 Å². The zero-order valence-corrected chi connectivity index (χ0v) is 15.2. The zero-order valence-electron chi connectivity index (χ0n) is 15.2. The van der Waals surface area contributed by atoms with Gasteiger partial charge in [0.15, 0.2) is 5.76 Å². The zero-order chi connectivity index (χ0) is 18.8. The first-order valence-corrected chi connectivity index (χ1v) is 8.78. The van der Waals surface area contributed by atoms with Crippen LogP contribution in [0.3, 0.4) is 0 Å². The second-order valence-electron chi connectivity index (χ2n) is 6.39. The molecule has 0 aliphatic rings. The van der Waals surface area contributed by atoms with E-state index in [1.54, 1.807) is 0 Å². The number of fused-ring (bicyclic) bond motifs is 1. The number of amides is 1. The fourth-order valence-corrected chi connectivity index (χ4v) is 3.02. The Hall–Kier alpha value is -3.41. The van der Waals surface area contributed by atoms with Gasteiger partial charge in [-0.1, -0.05) is 53.7 Å². The summed E-state index contributed by atoms with van der Waals surface area (Å²) in [6.45, 7) is 4.24. The molecule has 2 aromatic heterocycles. The molecule has 1 amide bonds. The number of furan rings is 1. The van der Waals surface area contributed by atoms with E-state index in [0.29, 0.717) is 30.4 Å². The average Bonchev–Trinajstić information content (AvgIpc) is 3.29. The Morgan fingerprint density at radius 3 is 2.67 bits per heavy atom. The van der Waals surface area contributed by atoms with Crippen molar-refractivity contribution in [3.8, 4) is 11.4 Å². The molecule has 0 aliphatic heterocycles. The average molecular weight is 361 g/mol. The fourth-order valence-electron chi connectivity index (χ4n) is 3.02. The van der Waals surface area contributed by atoms with Crippen molar-refractivity contribution >= 4 is 16.9 Å². The summed E-state index contributed by atoms with van der Waals surface area (Å²) in [5.74, 6) is 1.12. The van der Waals surface area contributed by atoms with Gasteiger partial charge in [-0.15, -0.1) is 0 Å². The maximum Gasteiger partial charge on any atom is 0.287 e. The first-order valence-electron chi connectivity index (χ1n) is 8.78. The summed E-state index contributed by atoms with van der Waals surface area (Å²) in [4.78, 5) is 16.9. The molecule has 6 heteroatoms. The molecule has 27 heavy (non-hydrogen) atoms. The van der Waals surface area contributed by atoms with Gasteiger partial charge >= 0.3 is 0 Å². The smallest absolute Gasteiger partial charge is 0.287 e. The van der Waals surface area contributed by atoms with Gasteiger partial charge in [0.25, 0.3) is 5.91 Å². The monoisotopic (exact) mass is 361 g/mol. The highest BCUT2D eigenvalue weighted by atomic mass is 16.5. The van der Waals surface area contributed by atoms with Gasteiger partial charge < -0.3 is 14.3 Å². The lowest BCUT2D eigenvalue weighted by Crippen LogP contribution is -2.25. The molecule has 4 rings (SSSR count). The number of nitrogens with zero attached hydrogens (tertiary/aromatic N) is 2. The Morgan fingerprint density at radius 1 is 1.07 bits per heavy atom. The minimum absolute atomic E-state index is 0.245. The van der Waals surface area contributed by atoms with Crippen LogP contribution in [0.5, 0.6) is 0 Å². The quantitative estimate of drug-likeness (QED) is 0.579. The summed E-state index contributed by atoms with van der Waals surface area (Å²) >= 11 is 0. The molecule has 0 spiro atoms. The largest absolute Gasteiger partial charge is 0.450 e. The Labute approximate surface area is 156 Å². The van der Waals surface area contributed by atoms with Crippen LogP contribution in [0.1, 0.15) is 27.6 Å². The van der Waals surface area contributed by atoms with Crippen LogP contribution in [0.15, 0.2) is 57.5 Å². The fraction of sp³-hybridized carbons (Fsp3) is 0.190. The normalized spacial score (nSPS) is 11.0. The number of benzene rings is 2. The number of hydrogen-bond acceptors (Lipinski definition) is 5. The van der Waals surface area contributed by atoms with E-state index in [2.05, 4.69) is 15.5 Å². The van der Waals surface area contributed by atoms with Gasteiger partial charge in [-0.05, 0) is 19.4 Å². The van der Waals surface area contributed by atoms with Crippen LogP contribution in [0.4, 0.5) is 0 Å². The maximum atomic E-state index is 12.5. The summed E-state index contributed by atoms with van der Waals surface area (Å²) in [6, 6.07) is 15.5. The standard InChI is InChI=1S/C21H19N3O3/c1-13-7-6-10-16-14(2)19(26-18(13)16)21(25)22-12-11-17-23-20(24-27-17)15-8-4-3-5-9-15/h3-10H,11-12H2,1-2H3,(H,22,25). The van der Waals surface area contributed by atoms with E-state index in [1.807, 2.05) is 62.4 Å². The number of para-hydroxylation sites is 1. The van der Waals surface area contributed by atoms with E-state index in [-0.39, 0.29) is 5.91 Å². The van der Waals surface area contributed by atoms with Crippen molar-refractivity contribution in [1.29, 1.82) is 0 Å². The number of carbonyl (C=O) groups is 1. The van der Waals surface area contributed by atoms with E-state index in [1.165, 1.54) is 0 Å². The number of carbonyl (C=O) groups excluding carboxylic acids is 1. The molecule has 0 bridgehead atoms. The molecule has 2 heterocycles. The van der Waals surface area contributed by atoms with Gasteiger partial charge in [0, 0.05) is 29.5 Å². The highest BCUT2D eigenvalue weighted by Gasteiger charge is 2.18. The molecule has 136 valence electrons. The molecule has 1 N–H and O–H groups in total. The van der Waals surface area contributed by atoms with Gasteiger partial charge in [-0.3, -0.25) is 4.79 Å². The van der Waals surface area contributed by atoms with E-state index in [4.69, 9.17) is 8.94 Å². The maximum absolute atomic E-state index is 12.5. The molecular formula is C21H19N3O3. The molecule has 0 unspecified atom stereocenters. The Balaban J connectivity index is 1.41. The lowest BCUT2D eigenvalue weighted by molar-refractivity contribution is 0.0927. The van der Waals surface area contributed by atoms with Crippen molar-refractivity contribution in [2.75, 3.05) is 6.54 Å². The second kappa shape index (κ2) is 7.07. The molecule has 0 saturated carbocycles. The number of aryl methyl sites for hydroxylation is 2. The second-order valence-corrected chi connectivity index (χ2v) is 6.39. The Kier molecular flexibility index (Phi) is 4.46. The van der Waals surface area contributed by atoms with Gasteiger partial charge in [-0.2, -0.15) is 4.98 Å². The molecule has 0 aliphatic carbocycles. The summed E-state index contributed by atoms with van der Waals surface area (Å²) in [5.41, 5.74) is 3.50. The van der Waals surface area contributed by atoms with E-state index in [9.17, 15) is 4.79 Å². The molecule has 0 radical (unpaired) electrons. The van der Waals surface area contributed by atoms with Crippen LogP contribution >= 0.6 is 0 Å². The van der Waals surface area contributed by atoms with E-state index in [0.717, 1.165) is 27.7 Å². The molecule has 0 saturated heterocycles. The number of hydrogen-bond donors (Lipinski definition) is 1. The van der Waals surface area contributed by atoms with Crippen LogP contribution in [-0.4, -0.2) is 22.6 Å². The third-order valence-corrected chi connectivity index (χ3v) is 4.49. The third kappa shape index (κ3) is 3.33. The Morgan fingerprint density at radius 2 is 1.89 bits per heavy atom. The molecular weight excluding hydrogens is 342 g/mol.